The van der Waals surface area contributed by atoms with E-state index >= 15 is 0 Å². The first-order valence-corrected chi connectivity index (χ1v) is 21.4. The molecule has 2 aromatic heterocycles. The van der Waals surface area contributed by atoms with Crippen LogP contribution < -0.4 is 30.7 Å². The number of carbonyl (C=O) groups excluding carboxylic acids is 4. The van der Waals surface area contributed by atoms with E-state index in [-0.39, 0.29) is 52.7 Å². The summed E-state index contributed by atoms with van der Waals surface area (Å²) in [6, 6.07) is 16.5. The van der Waals surface area contributed by atoms with Crippen molar-refractivity contribution in [1.82, 2.24) is 36.1 Å². The van der Waals surface area contributed by atoms with E-state index in [1.54, 1.807) is 40.6 Å². The summed E-state index contributed by atoms with van der Waals surface area (Å²) < 4.78 is 39.1. The highest BCUT2D eigenvalue weighted by molar-refractivity contribution is 7.98. The highest BCUT2D eigenvalue weighted by atomic mass is 32.2. The summed E-state index contributed by atoms with van der Waals surface area (Å²) in [5.41, 5.74) is 0.116. The number of amides is 4. The Morgan fingerprint density at radius 1 is 0.741 bits per heavy atom. The van der Waals surface area contributed by atoms with Gasteiger partial charge in [0.05, 0.1) is 12.4 Å². The first-order valence-electron chi connectivity index (χ1n) is 18.9. The van der Waals surface area contributed by atoms with Gasteiger partial charge >= 0.3 is 0 Å². The molecule has 2 aromatic carbocycles. The molecule has 3 fully saturated rings. The Morgan fingerprint density at radius 3 is 1.71 bits per heavy atom. The van der Waals surface area contributed by atoms with Crippen LogP contribution in [0.25, 0.3) is 0 Å². The van der Waals surface area contributed by atoms with Crippen LogP contribution in [-0.4, -0.2) is 95.3 Å². The van der Waals surface area contributed by atoms with Crippen LogP contribution in [0.2, 0.25) is 0 Å². The first-order chi connectivity index (χ1) is 28.1. The molecule has 0 saturated carbocycles. The van der Waals surface area contributed by atoms with Crippen LogP contribution in [0.3, 0.4) is 0 Å². The number of ether oxygens (including phenoxy) is 2. The second-order valence-corrected chi connectivity index (χ2v) is 15.6. The summed E-state index contributed by atoms with van der Waals surface area (Å²) in [6.07, 6.45) is 9.68. The first kappa shape index (κ1) is 42.3. The molecule has 0 spiro atoms. The lowest BCUT2D eigenvalue weighted by molar-refractivity contribution is -0.135. The molecular weight excluding hydrogens is 789 g/mol. The standard InChI is InChI=1S/C23H25FN4O4S.C18H20FN3O2S/c1-33-17-4-2-3-16(12-17)32-22-18(11-14(24)13-25-22)21(30)26-15-7-9-28(10-8-15)23(31)19-5-6-20(29)27-19;1-25-15-4-2-3-14(10-15)24-18-16(9-12(19)11-21-18)17(23)22-13-5-7-20-8-6-13/h2-4,11-13,15,19H,5-10H2,1H3,(H,26,30)(H,27,29);2-4,9-11,13,20H,5-8H2,1H3,(H,22,23). The molecule has 58 heavy (non-hydrogen) atoms. The maximum Gasteiger partial charge on any atom is 0.257 e. The van der Waals surface area contributed by atoms with Crippen LogP contribution in [0, 0.1) is 11.6 Å². The molecule has 0 bridgehead atoms. The van der Waals surface area contributed by atoms with Gasteiger partial charge in [0.25, 0.3) is 11.8 Å². The lowest BCUT2D eigenvalue weighted by atomic mass is 10.0. The van der Waals surface area contributed by atoms with Gasteiger partial charge in [-0.1, -0.05) is 12.1 Å². The van der Waals surface area contributed by atoms with E-state index in [0.717, 1.165) is 60.2 Å². The van der Waals surface area contributed by atoms with Crippen LogP contribution in [0.15, 0.2) is 82.8 Å². The monoisotopic (exact) mass is 833 g/mol. The number of carbonyl (C=O) groups is 4. The molecule has 0 aliphatic carbocycles. The number of piperidine rings is 2. The van der Waals surface area contributed by atoms with Crippen LogP contribution in [0.1, 0.15) is 59.2 Å². The Morgan fingerprint density at radius 2 is 1.24 bits per heavy atom. The summed E-state index contributed by atoms with van der Waals surface area (Å²) in [4.78, 5) is 61.1. The van der Waals surface area contributed by atoms with Gasteiger partial charge in [0.1, 0.15) is 40.3 Å². The van der Waals surface area contributed by atoms with Crippen LogP contribution in [0.5, 0.6) is 23.3 Å². The quantitative estimate of drug-likeness (QED) is 0.132. The maximum atomic E-state index is 13.9. The second-order valence-electron chi connectivity index (χ2n) is 13.8. The van der Waals surface area contributed by atoms with Gasteiger partial charge in [-0.05, 0) is 106 Å². The van der Waals surface area contributed by atoms with Crippen molar-refractivity contribution >= 4 is 47.2 Å². The van der Waals surface area contributed by atoms with E-state index in [9.17, 15) is 28.0 Å². The molecular formula is C41H45F2N7O6S2. The van der Waals surface area contributed by atoms with Gasteiger partial charge in [-0.3, -0.25) is 19.2 Å². The summed E-state index contributed by atoms with van der Waals surface area (Å²) >= 11 is 3.14. The van der Waals surface area contributed by atoms with Gasteiger partial charge in [0, 0.05) is 41.4 Å². The highest BCUT2D eigenvalue weighted by Crippen LogP contribution is 2.29. The number of halogens is 2. The van der Waals surface area contributed by atoms with Gasteiger partial charge in [0.15, 0.2) is 0 Å². The van der Waals surface area contributed by atoms with E-state index in [1.165, 1.54) is 0 Å². The van der Waals surface area contributed by atoms with Gasteiger partial charge in [-0.25, -0.2) is 18.7 Å². The zero-order valence-corrected chi connectivity index (χ0v) is 33.7. The largest absolute Gasteiger partial charge is 0.438 e. The molecule has 3 aliphatic heterocycles. The Labute approximate surface area is 343 Å². The zero-order chi connectivity index (χ0) is 41.0. The molecule has 1 atom stereocenters. The third kappa shape index (κ3) is 11.7. The fourth-order valence-corrected chi connectivity index (χ4v) is 7.55. The van der Waals surface area contributed by atoms with Crippen molar-refractivity contribution in [2.45, 2.75) is 66.4 Å². The van der Waals surface area contributed by atoms with Crippen LogP contribution in [0.4, 0.5) is 8.78 Å². The molecule has 306 valence electrons. The van der Waals surface area contributed by atoms with E-state index < -0.39 is 23.6 Å². The molecule has 3 saturated heterocycles. The number of pyridine rings is 2. The molecule has 13 nitrogen and oxygen atoms in total. The number of nitrogens with one attached hydrogen (secondary N) is 4. The normalized spacial score (nSPS) is 17.1. The fraction of sp³-hybridized carbons (Fsp3) is 0.366. The molecule has 1 unspecified atom stereocenters. The number of rotatable bonds is 11. The molecule has 4 amide bonds. The summed E-state index contributed by atoms with van der Waals surface area (Å²) in [7, 11) is 0. The topological polar surface area (TPSA) is 164 Å². The Hall–Kier alpha value is -5.26. The fourth-order valence-electron chi connectivity index (χ4n) is 6.65. The minimum Gasteiger partial charge on any atom is -0.438 e. The average molecular weight is 834 g/mol. The highest BCUT2D eigenvalue weighted by Gasteiger charge is 2.33. The zero-order valence-electron chi connectivity index (χ0n) is 32.1. The Bertz CT molecular complexity index is 2100. The maximum absolute atomic E-state index is 13.9. The number of hydrogen-bond acceptors (Lipinski definition) is 11. The van der Waals surface area contributed by atoms with Crippen molar-refractivity contribution in [3.63, 3.8) is 0 Å². The minimum absolute atomic E-state index is 0.0109. The van der Waals surface area contributed by atoms with Gasteiger partial charge in [0.2, 0.25) is 23.6 Å². The van der Waals surface area contributed by atoms with E-state index in [0.29, 0.717) is 50.3 Å². The van der Waals surface area contributed by atoms with E-state index in [1.807, 2.05) is 48.9 Å². The number of likely N-dealkylation sites (tertiary alicyclic amines) is 1. The van der Waals surface area contributed by atoms with Crippen molar-refractivity contribution < 1.29 is 37.4 Å². The van der Waals surface area contributed by atoms with Crippen molar-refractivity contribution in [3.8, 4) is 23.3 Å². The third-order valence-electron chi connectivity index (χ3n) is 9.75. The number of thioether (sulfide) groups is 2. The van der Waals surface area contributed by atoms with Gasteiger partial charge in [-0.15, -0.1) is 23.5 Å². The van der Waals surface area contributed by atoms with E-state index in [2.05, 4.69) is 31.2 Å². The van der Waals surface area contributed by atoms with Crippen LogP contribution >= 0.6 is 23.5 Å². The predicted molar refractivity (Wildman–Crippen MR) is 217 cm³/mol. The molecule has 3 aliphatic rings. The molecule has 4 N–H and O–H groups in total. The van der Waals surface area contributed by atoms with Gasteiger partial charge < -0.3 is 35.6 Å². The lowest BCUT2D eigenvalue weighted by Gasteiger charge is -2.33. The third-order valence-corrected chi connectivity index (χ3v) is 11.2. The summed E-state index contributed by atoms with van der Waals surface area (Å²) in [6.45, 7) is 2.67. The number of aromatic nitrogens is 2. The number of benzene rings is 2. The second kappa shape index (κ2) is 20.4. The molecule has 7 rings (SSSR count). The van der Waals surface area contributed by atoms with Gasteiger partial charge in [-0.2, -0.15) is 0 Å². The summed E-state index contributed by atoms with van der Waals surface area (Å²) in [5.74, 6) is -1.04. The molecule has 0 radical (unpaired) electrons. The van der Waals surface area contributed by atoms with Crippen molar-refractivity contribution in [2.24, 2.45) is 0 Å². The molecule has 4 aromatic rings. The minimum atomic E-state index is -0.635. The van der Waals surface area contributed by atoms with Crippen LogP contribution in [-0.2, 0) is 9.59 Å². The van der Waals surface area contributed by atoms with Crippen molar-refractivity contribution in [3.05, 3.63) is 95.8 Å². The SMILES string of the molecule is CSc1cccc(Oc2ncc(F)cc2C(=O)NC2CCN(C(=O)C3CCC(=O)N3)CC2)c1.CSc1cccc(Oc2ncc(F)cc2C(=O)NC2CCNCC2)c1. The predicted octanol–water partition coefficient (Wildman–Crippen LogP) is 5.95. The molecule has 5 heterocycles. The van der Waals surface area contributed by atoms with Crippen molar-refractivity contribution in [1.29, 1.82) is 0 Å². The number of nitrogens with zero attached hydrogens (tertiary/aromatic N) is 3. The lowest BCUT2D eigenvalue weighted by Crippen LogP contribution is -2.51. The smallest absolute Gasteiger partial charge is 0.257 e. The Kier molecular flexibility index (Phi) is 14.9. The Balaban J connectivity index is 0.000000203. The average Bonchev–Trinajstić information content (AvgIpc) is 3.68. The van der Waals surface area contributed by atoms with E-state index in [4.69, 9.17) is 9.47 Å². The molecule has 17 heteroatoms. The summed E-state index contributed by atoms with van der Waals surface area (Å²) in [5, 5.41) is 11.8. The number of hydrogen-bond donors (Lipinski definition) is 4. The van der Waals surface area contributed by atoms with Crippen molar-refractivity contribution in [2.75, 3.05) is 38.7 Å².